The Bertz CT molecular complexity index is 857. The molecule has 0 heterocycles. The average molecular weight is 469 g/mol. The fourth-order valence-corrected chi connectivity index (χ4v) is 9.23. The quantitative estimate of drug-likeness (QED) is 0.365. The van der Waals surface area contributed by atoms with E-state index in [-0.39, 0.29) is 16.7 Å². The topological polar surface area (TPSA) is 55.5 Å². The summed E-state index contributed by atoms with van der Waals surface area (Å²) in [6.07, 6.45) is 14.3. The number of nitrogens with zero attached hydrogens (tertiary/aromatic N) is 1. The molecule has 180 valence electrons. The molecule has 5 fully saturated rings. The Morgan fingerprint density at radius 2 is 1.76 bits per heavy atom. The van der Waals surface area contributed by atoms with Gasteiger partial charge in [0, 0.05) is 12.1 Å². The molecular weight excluding hydrogens is 428 g/mol. The Labute approximate surface area is 205 Å². The molecule has 3 nitrogen and oxygen atoms in total. The number of amides is 1. The Morgan fingerprint density at radius 3 is 2.33 bits per heavy atom. The van der Waals surface area contributed by atoms with E-state index in [1.165, 1.54) is 37.7 Å². The number of carbonyl (C=O) groups is 1. The van der Waals surface area contributed by atoms with Gasteiger partial charge in [-0.1, -0.05) is 37.3 Å². The molecule has 0 radical (unpaired) electrons. The first-order valence-corrected chi connectivity index (χ1v) is 13.9. The molecule has 0 aliphatic heterocycles. The monoisotopic (exact) mass is 468 g/mol. The molecule has 0 aromatic heterocycles. The lowest BCUT2D eigenvalue weighted by Gasteiger charge is -2.69. The second kappa shape index (κ2) is 9.11. The van der Waals surface area contributed by atoms with Gasteiger partial charge >= 0.3 is 0 Å². The van der Waals surface area contributed by atoms with Crippen LogP contribution in [-0.2, 0) is 10.2 Å². The van der Waals surface area contributed by atoms with Gasteiger partial charge in [0.2, 0.25) is 0 Å². The second-order valence-corrected chi connectivity index (χ2v) is 12.3. The molecule has 0 spiro atoms. The first-order valence-electron chi connectivity index (χ1n) is 13.4. The predicted molar refractivity (Wildman–Crippen MR) is 137 cm³/mol. The van der Waals surface area contributed by atoms with Crippen molar-refractivity contribution in [2.24, 2.45) is 45.2 Å². The van der Waals surface area contributed by atoms with Gasteiger partial charge in [0.05, 0.1) is 5.41 Å². The Hall–Kier alpha value is -1.19. The van der Waals surface area contributed by atoms with Gasteiger partial charge in [0.1, 0.15) is 0 Å². The van der Waals surface area contributed by atoms with Gasteiger partial charge in [0.15, 0.2) is 0 Å². The minimum atomic E-state index is -0.280. The van der Waals surface area contributed by atoms with Crippen LogP contribution in [0.15, 0.2) is 35.3 Å². The van der Waals surface area contributed by atoms with Crippen molar-refractivity contribution in [1.29, 1.82) is 0 Å². The number of hydrogen-bond donors (Lipinski definition) is 1. The molecule has 1 aromatic rings. The van der Waals surface area contributed by atoms with Crippen molar-refractivity contribution in [3.63, 3.8) is 0 Å². The summed E-state index contributed by atoms with van der Waals surface area (Å²) >= 11 is 6.37. The van der Waals surface area contributed by atoms with E-state index >= 15 is 0 Å². The highest BCUT2D eigenvalue weighted by Crippen LogP contribution is 2.73. The van der Waals surface area contributed by atoms with Crippen molar-refractivity contribution >= 4 is 23.7 Å². The number of benzene rings is 1. The molecule has 4 bridgehead atoms. The maximum atomic E-state index is 13.8. The molecule has 6 rings (SSSR count). The average Bonchev–Trinajstić information content (AvgIpc) is 2.85. The molecule has 2 N–H and O–H groups in total. The van der Waals surface area contributed by atoms with E-state index in [4.69, 9.17) is 22.3 Å². The fourth-order valence-electron chi connectivity index (χ4n) is 8.88. The highest BCUT2D eigenvalue weighted by atomic mass is 35.5. The van der Waals surface area contributed by atoms with Crippen LogP contribution < -0.4 is 5.73 Å². The first-order chi connectivity index (χ1) is 16.0. The SMILES string of the molecule is CCC1(CCCl)C2CC3(C(=O)N=CC4CCC(CN)CC4)C[C@H]1CC(c1ccccc1)(C2)C3. The van der Waals surface area contributed by atoms with Crippen LogP contribution in [0.25, 0.3) is 0 Å². The van der Waals surface area contributed by atoms with E-state index in [1.54, 1.807) is 0 Å². The third kappa shape index (κ3) is 3.92. The van der Waals surface area contributed by atoms with Crippen LogP contribution >= 0.6 is 11.6 Å². The Kier molecular flexibility index (Phi) is 6.50. The minimum Gasteiger partial charge on any atom is -0.330 e. The van der Waals surface area contributed by atoms with Gasteiger partial charge in [-0.25, -0.2) is 4.99 Å². The summed E-state index contributed by atoms with van der Waals surface area (Å²) in [7, 11) is 0. The largest absolute Gasteiger partial charge is 0.330 e. The number of aliphatic imine (C=N–C) groups is 1. The van der Waals surface area contributed by atoms with E-state index in [9.17, 15) is 4.79 Å². The normalized spacial score (nSPS) is 42.2. The lowest BCUT2D eigenvalue weighted by atomic mass is 9.35. The Balaban J connectivity index is 1.43. The van der Waals surface area contributed by atoms with Crippen LogP contribution in [0.1, 0.15) is 83.1 Å². The van der Waals surface area contributed by atoms with Crippen LogP contribution in [-0.4, -0.2) is 24.5 Å². The fraction of sp³-hybridized carbons (Fsp3) is 0.724. The van der Waals surface area contributed by atoms with E-state index in [2.05, 4.69) is 37.3 Å². The number of carbonyl (C=O) groups excluding carboxylic acids is 1. The molecule has 33 heavy (non-hydrogen) atoms. The van der Waals surface area contributed by atoms with Crippen molar-refractivity contribution < 1.29 is 4.79 Å². The molecule has 5 aliphatic carbocycles. The maximum Gasteiger partial charge on any atom is 0.251 e. The summed E-state index contributed by atoms with van der Waals surface area (Å²) in [5, 5.41) is 0. The molecule has 0 saturated heterocycles. The molecule has 5 saturated carbocycles. The highest BCUT2D eigenvalue weighted by Gasteiger charge is 2.67. The maximum absolute atomic E-state index is 13.8. The third-order valence-corrected chi connectivity index (χ3v) is 10.7. The Morgan fingerprint density at radius 1 is 1.09 bits per heavy atom. The standard InChI is InChI=1S/C29H41ClN2O/c1-2-29(12-13-30)24-14-27(23-6-4-3-5-7-23)15-25(29)17-28(16-24,20-27)26(33)32-19-22-10-8-21(18-31)9-11-22/h3-7,19,21-22,24-25H,2,8-18,20,31H2,1H3/t21?,22?,24-,25?,27?,28?,29?/m1/s1. The predicted octanol–water partition coefficient (Wildman–Crippen LogP) is 6.52. The molecule has 5 aliphatic rings. The first kappa shape index (κ1) is 23.5. The summed E-state index contributed by atoms with van der Waals surface area (Å²) in [4.78, 5) is 18.6. The van der Waals surface area contributed by atoms with Gasteiger partial charge in [-0.15, -0.1) is 11.6 Å². The van der Waals surface area contributed by atoms with E-state index in [1.807, 2.05) is 6.21 Å². The number of rotatable bonds is 7. The zero-order chi connectivity index (χ0) is 23.1. The summed E-state index contributed by atoms with van der Waals surface area (Å²) in [6, 6.07) is 11.1. The van der Waals surface area contributed by atoms with Crippen molar-refractivity contribution in [2.45, 2.75) is 83.0 Å². The van der Waals surface area contributed by atoms with Crippen molar-refractivity contribution in [3.05, 3.63) is 35.9 Å². The molecule has 1 aromatic carbocycles. The second-order valence-electron chi connectivity index (χ2n) is 11.9. The number of halogens is 1. The van der Waals surface area contributed by atoms with Crippen LogP contribution in [0.3, 0.4) is 0 Å². The van der Waals surface area contributed by atoms with Crippen LogP contribution in [0, 0.1) is 34.5 Å². The van der Waals surface area contributed by atoms with E-state index in [0.717, 1.165) is 50.9 Å². The highest BCUT2D eigenvalue weighted by molar-refractivity contribution is 6.17. The summed E-state index contributed by atoms with van der Waals surface area (Å²) in [6.45, 7) is 3.14. The van der Waals surface area contributed by atoms with Crippen molar-refractivity contribution in [3.8, 4) is 0 Å². The van der Waals surface area contributed by atoms with Crippen molar-refractivity contribution in [1.82, 2.24) is 0 Å². The summed E-state index contributed by atoms with van der Waals surface area (Å²) in [5.74, 6) is 3.14. The van der Waals surface area contributed by atoms with Crippen LogP contribution in [0.5, 0.6) is 0 Å². The smallest absolute Gasteiger partial charge is 0.251 e. The minimum absolute atomic E-state index is 0.127. The lowest BCUT2D eigenvalue weighted by Crippen LogP contribution is -2.64. The van der Waals surface area contributed by atoms with E-state index < -0.39 is 0 Å². The summed E-state index contributed by atoms with van der Waals surface area (Å²) in [5.41, 5.74) is 7.45. The van der Waals surface area contributed by atoms with Gasteiger partial charge in [0.25, 0.3) is 5.91 Å². The third-order valence-electron chi connectivity index (χ3n) is 10.5. The van der Waals surface area contributed by atoms with Gasteiger partial charge in [-0.05, 0) is 117 Å². The molecule has 1 amide bonds. The number of alkyl halides is 1. The summed E-state index contributed by atoms with van der Waals surface area (Å²) < 4.78 is 0. The number of nitrogens with two attached hydrogens (primary N) is 1. The van der Waals surface area contributed by atoms with Gasteiger partial charge in [-0.3, -0.25) is 4.79 Å². The van der Waals surface area contributed by atoms with Crippen LogP contribution in [0.2, 0.25) is 0 Å². The number of hydrogen-bond acceptors (Lipinski definition) is 2. The zero-order valence-corrected chi connectivity index (χ0v) is 21.0. The lowest BCUT2D eigenvalue weighted by molar-refractivity contribution is -0.178. The molecule has 4 unspecified atom stereocenters. The molecular formula is C29H41ClN2O. The zero-order valence-electron chi connectivity index (χ0n) is 20.3. The molecule has 5 atom stereocenters. The van der Waals surface area contributed by atoms with Crippen LogP contribution in [0.4, 0.5) is 0 Å². The van der Waals surface area contributed by atoms with E-state index in [0.29, 0.717) is 29.1 Å². The molecule has 4 heteroatoms. The van der Waals surface area contributed by atoms with Gasteiger partial charge < -0.3 is 5.73 Å². The van der Waals surface area contributed by atoms with Gasteiger partial charge in [-0.2, -0.15) is 0 Å². The van der Waals surface area contributed by atoms with Crippen molar-refractivity contribution in [2.75, 3.05) is 12.4 Å².